The summed E-state index contributed by atoms with van der Waals surface area (Å²) in [6, 6.07) is 23.8. The third-order valence-electron chi connectivity index (χ3n) is 4.70. The fourth-order valence-electron chi connectivity index (χ4n) is 2.66. The number of carbonyl (C=O) groups excluding carboxylic acids is 2. The molecule has 3 rings (SSSR count). The van der Waals surface area contributed by atoms with Gasteiger partial charge in [-0.2, -0.15) is 0 Å². The molecule has 0 amide bonds. The summed E-state index contributed by atoms with van der Waals surface area (Å²) < 4.78 is 15.9. The third kappa shape index (κ3) is 5.70. The van der Waals surface area contributed by atoms with Crippen molar-refractivity contribution in [3.05, 3.63) is 84.4 Å². The lowest BCUT2D eigenvalue weighted by molar-refractivity contribution is -0.154. The van der Waals surface area contributed by atoms with E-state index in [2.05, 4.69) is 0 Å². The summed E-state index contributed by atoms with van der Waals surface area (Å²) in [6.45, 7) is 3.56. The predicted octanol–water partition coefficient (Wildman–Crippen LogP) is 5.50. The number of ether oxygens (including phenoxy) is 3. The van der Waals surface area contributed by atoms with Gasteiger partial charge >= 0.3 is 11.9 Å². The van der Waals surface area contributed by atoms with Crippen molar-refractivity contribution in [2.75, 3.05) is 6.79 Å². The van der Waals surface area contributed by atoms with E-state index in [1.165, 1.54) is 0 Å². The fourth-order valence-corrected chi connectivity index (χ4v) is 2.66. The highest BCUT2D eigenvalue weighted by Crippen LogP contribution is 2.23. The first-order valence-electron chi connectivity index (χ1n) is 9.84. The van der Waals surface area contributed by atoms with Gasteiger partial charge < -0.3 is 14.2 Å². The Hall–Kier alpha value is -3.60. The highest BCUT2D eigenvalue weighted by atomic mass is 16.7. The second-order valence-electron chi connectivity index (χ2n) is 6.84. The maximum absolute atomic E-state index is 12.4. The van der Waals surface area contributed by atoms with Crippen molar-refractivity contribution >= 4 is 11.9 Å². The normalized spacial score (nSPS) is 11.4. The predicted molar refractivity (Wildman–Crippen MR) is 114 cm³/mol. The molecule has 0 aliphatic carbocycles. The Labute approximate surface area is 176 Å². The second-order valence-corrected chi connectivity index (χ2v) is 6.84. The molecule has 1 unspecified atom stereocenters. The molecule has 0 heterocycles. The minimum absolute atomic E-state index is 0.160. The van der Waals surface area contributed by atoms with Crippen LogP contribution in [0, 0.1) is 5.92 Å². The minimum Gasteiger partial charge on any atom is -0.457 e. The van der Waals surface area contributed by atoms with E-state index < -0.39 is 5.97 Å². The highest BCUT2D eigenvalue weighted by molar-refractivity contribution is 5.91. The molecule has 30 heavy (non-hydrogen) atoms. The van der Waals surface area contributed by atoms with Crippen molar-refractivity contribution in [3.63, 3.8) is 0 Å². The van der Waals surface area contributed by atoms with Crippen LogP contribution in [0.1, 0.15) is 30.6 Å². The molecule has 0 saturated heterocycles. The van der Waals surface area contributed by atoms with Gasteiger partial charge in [0.2, 0.25) is 6.79 Å². The Morgan fingerprint density at radius 2 is 1.40 bits per heavy atom. The number of hydrogen-bond donors (Lipinski definition) is 0. The number of rotatable bonds is 8. The molecule has 0 aromatic heterocycles. The quantitative estimate of drug-likeness (QED) is 0.282. The van der Waals surface area contributed by atoms with Crippen molar-refractivity contribution in [2.45, 2.75) is 20.3 Å². The SMILES string of the molecule is CCC(C)C(=O)OCOc1ccc(C(=O)Oc2ccc(-c3ccccc3)cc2)cc1. The lowest BCUT2D eigenvalue weighted by Gasteiger charge is -2.11. The van der Waals surface area contributed by atoms with Gasteiger partial charge in [-0.3, -0.25) is 4.79 Å². The van der Waals surface area contributed by atoms with E-state index in [1.54, 1.807) is 43.3 Å². The van der Waals surface area contributed by atoms with E-state index in [0.717, 1.165) is 11.1 Å². The molecule has 1 atom stereocenters. The molecule has 0 aliphatic heterocycles. The first-order chi connectivity index (χ1) is 14.6. The molecule has 0 N–H and O–H groups in total. The van der Waals surface area contributed by atoms with E-state index in [9.17, 15) is 9.59 Å². The van der Waals surface area contributed by atoms with Gasteiger partial charge in [0.05, 0.1) is 11.5 Å². The first kappa shape index (κ1) is 21.1. The molecule has 3 aromatic carbocycles. The van der Waals surface area contributed by atoms with Crippen LogP contribution in [0.15, 0.2) is 78.9 Å². The first-order valence-corrected chi connectivity index (χ1v) is 9.84. The van der Waals surface area contributed by atoms with Gasteiger partial charge in [0.25, 0.3) is 0 Å². The lowest BCUT2D eigenvalue weighted by atomic mass is 10.1. The van der Waals surface area contributed by atoms with Crippen LogP contribution in [0.5, 0.6) is 11.5 Å². The molecule has 5 heteroatoms. The molecule has 3 aromatic rings. The summed E-state index contributed by atoms with van der Waals surface area (Å²) in [5.41, 5.74) is 2.54. The molecule has 5 nitrogen and oxygen atoms in total. The van der Waals surface area contributed by atoms with Gasteiger partial charge in [-0.25, -0.2) is 4.79 Å². The van der Waals surface area contributed by atoms with E-state index >= 15 is 0 Å². The van der Waals surface area contributed by atoms with Crippen LogP contribution in [0.3, 0.4) is 0 Å². The van der Waals surface area contributed by atoms with E-state index in [0.29, 0.717) is 23.5 Å². The third-order valence-corrected chi connectivity index (χ3v) is 4.70. The average Bonchev–Trinajstić information content (AvgIpc) is 2.80. The number of esters is 2. The van der Waals surface area contributed by atoms with Crippen LogP contribution >= 0.6 is 0 Å². The van der Waals surface area contributed by atoms with Crippen molar-refractivity contribution in [3.8, 4) is 22.6 Å². The van der Waals surface area contributed by atoms with Gasteiger partial charge in [-0.1, -0.05) is 56.3 Å². The Kier molecular flexibility index (Phi) is 7.22. The molecule has 0 aliphatic rings. The summed E-state index contributed by atoms with van der Waals surface area (Å²) in [5.74, 6) is 0.0494. The van der Waals surface area contributed by atoms with E-state index in [1.807, 2.05) is 49.4 Å². The van der Waals surface area contributed by atoms with Crippen LogP contribution < -0.4 is 9.47 Å². The molecular weight excluding hydrogens is 380 g/mol. The van der Waals surface area contributed by atoms with Crippen LogP contribution in [0.25, 0.3) is 11.1 Å². The Morgan fingerprint density at radius 1 is 0.800 bits per heavy atom. The van der Waals surface area contributed by atoms with Crippen LogP contribution in [0.4, 0.5) is 0 Å². The molecule has 0 spiro atoms. The van der Waals surface area contributed by atoms with Crippen LogP contribution in [0.2, 0.25) is 0 Å². The van der Waals surface area contributed by atoms with E-state index in [-0.39, 0.29) is 18.7 Å². The number of benzene rings is 3. The number of hydrogen-bond acceptors (Lipinski definition) is 5. The smallest absolute Gasteiger partial charge is 0.343 e. The van der Waals surface area contributed by atoms with Gasteiger partial charge in [0, 0.05) is 0 Å². The number of carbonyl (C=O) groups is 2. The summed E-state index contributed by atoms with van der Waals surface area (Å²) >= 11 is 0. The van der Waals surface area contributed by atoms with Crippen LogP contribution in [-0.4, -0.2) is 18.7 Å². The van der Waals surface area contributed by atoms with E-state index in [4.69, 9.17) is 14.2 Å². The topological polar surface area (TPSA) is 61.8 Å². The zero-order chi connectivity index (χ0) is 21.3. The summed E-state index contributed by atoms with van der Waals surface area (Å²) in [4.78, 5) is 24.0. The van der Waals surface area contributed by atoms with Crippen LogP contribution in [-0.2, 0) is 9.53 Å². The largest absolute Gasteiger partial charge is 0.457 e. The van der Waals surface area contributed by atoms with Crippen molar-refractivity contribution in [1.82, 2.24) is 0 Å². The lowest BCUT2D eigenvalue weighted by Crippen LogP contribution is -2.17. The maximum Gasteiger partial charge on any atom is 0.343 e. The molecule has 0 saturated carbocycles. The maximum atomic E-state index is 12.4. The monoisotopic (exact) mass is 404 g/mol. The Bertz CT molecular complexity index is 963. The molecule has 0 fully saturated rings. The zero-order valence-electron chi connectivity index (χ0n) is 17.0. The fraction of sp³-hybridized carbons (Fsp3) is 0.200. The highest BCUT2D eigenvalue weighted by Gasteiger charge is 2.12. The summed E-state index contributed by atoms with van der Waals surface area (Å²) in [5, 5.41) is 0. The minimum atomic E-state index is -0.461. The van der Waals surface area contributed by atoms with Gasteiger partial charge in [-0.05, 0) is 53.9 Å². The van der Waals surface area contributed by atoms with Gasteiger partial charge in [0.15, 0.2) is 0 Å². The van der Waals surface area contributed by atoms with Crippen molar-refractivity contribution < 1.29 is 23.8 Å². The summed E-state index contributed by atoms with van der Waals surface area (Å²) in [6.07, 6.45) is 0.713. The molecule has 154 valence electrons. The average molecular weight is 404 g/mol. The summed E-state index contributed by atoms with van der Waals surface area (Å²) in [7, 11) is 0. The van der Waals surface area contributed by atoms with Crippen molar-refractivity contribution in [2.24, 2.45) is 5.92 Å². The molecular formula is C25H24O5. The van der Waals surface area contributed by atoms with Gasteiger partial charge in [0.1, 0.15) is 11.5 Å². The Morgan fingerprint density at radius 3 is 2.03 bits per heavy atom. The zero-order valence-corrected chi connectivity index (χ0v) is 17.0. The molecule has 0 radical (unpaired) electrons. The molecule has 0 bridgehead atoms. The van der Waals surface area contributed by atoms with Crippen molar-refractivity contribution in [1.29, 1.82) is 0 Å². The standard InChI is InChI=1S/C25H24O5/c1-3-18(2)24(26)29-17-28-22-13-11-21(12-14-22)25(27)30-23-15-9-20(10-16-23)19-7-5-4-6-8-19/h4-16,18H,3,17H2,1-2H3. The van der Waals surface area contributed by atoms with Gasteiger partial charge in [-0.15, -0.1) is 0 Å². The Balaban J connectivity index is 1.52. The second kappa shape index (κ2) is 10.3.